The Labute approximate surface area is 100 Å². The first kappa shape index (κ1) is 11.7. The zero-order valence-electron chi connectivity index (χ0n) is 9.76. The summed E-state index contributed by atoms with van der Waals surface area (Å²) in [4.78, 5) is 0. The molecule has 0 amide bonds. The van der Waals surface area contributed by atoms with E-state index in [-0.39, 0.29) is 17.6 Å². The molecule has 4 nitrogen and oxygen atoms in total. The van der Waals surface area contributed by atoms with Gasteiger partial charge in [-0.25, -0.2) is 0 Å². The highest BCUT2D eigenvalue weighted by Crippen LogP contribution is 2.32. The molecule has 0 N–H and O–H groups in total. The molecule has 5 heteroatoms. The number of hydrogen-bond acceptors (Lipinski definition) is 3. The SMILES string of the molecule is COC1C(Cl)CC1Oc1cnn(C(C)C)c1. The molecular formula is C11H17ClN2O2. The topological polar surface area (TPSA) is 36.3 Å². The fraction of sp³-hybridized carbons (Fsp3) is 0.727. The molecule has 0 aromatic carbocycles. The van der Waals surface area contributed by atoms with E-state index in [0.717, 1.165) is 12.2 Å². The molecule has 0 radical (unpaired) electrons. The van der Waals surface area contributed by atoms with E-state index in [0.29, 0.717) is 6.04 Å². The van der Waals surface area contributed by atoms with Gasteiger partial charge < -0.3 is 9.47 Å². The van der Waals surface area contributed by atoms with Crippen LogP contribution in [-0.2, 0) is 4.74 Å². The molecule has 2 rings (SSSR count). The van der Waals surface area contributed by atoms with E-state index >= 15 is 0 Å². The molecule has 1 aliphatic carbocycles. The number of aromatic nitrogens is 2. The summed E-state index contributed by atoms with van der Waals surface area (Å²) in [5, 5.41) is 4.28. The highest BCUT2D eigenvalue weighted by molar-refractivity contribution is 6.21. The summed E-state index contributed by atoms with van der Waals surface area (Å²) in [6, 6.07) is 0.345. The fourth-order valence-corrected chi connectivity index (χ4v) is 2.22. The summed E-state index contributed by atoms with van der Waals surface area (Å²) in [7, 11) is 1.66. The molecule has 1 heterocycles. The van der Waals surface area contributed by atoms with Gasteiger partial charge in [0.1, 0.15) is 12.2 Å². The van der Waals surface area contributed by atoms with E-state index in [9.17, 15) is 0 Å². The quantitative estimate of drug-likeness (QED) is 0.763. The minimum atomic E-state index is -0.0101. The normalized spacial score (nSPS) is 29.2. The summed E-state index contributed by atoms with van der Waals surface area (Å²) >= 11 is 6.01. The second-order valence-corrected chi connectivity index (χ2v) is 4.92. The van der Waals surface area contributed by atoms with E-state index in [1.807, 2.05) is 10.9 Å². The molecule has 0 bridgehead atoms. The van der Waals surface area contributed by atoms with Crippen molar-refractivity contribution in [1.82, 2.24) is 9.78 Å². The van der Waals surface area contributed by atoms with E-state index in [1.165, 1.54) is 0 Å². The highest BCUT2D eigenvalue weighted by atomic mass is 35.5. The van der Waals surface area contributed by atoms with Gasteiger partial charge in [0, 0.05) is 19.6 Å². The lowest BCUT2D eigenvalue weighted by Crippen LogP contribution is -2.52. The Kier molecular flexibility index (Phi) is 3.40. The minimum absolute atomic E-state index is 0.0101. The van der Waals surface area contributed by atoms with Crippen LogP contribution in [0.4, 0.5) is 0 Å². The van der Waals surface area contributed by atoms with E-state index in [1.54, 1.807) is 13.3 Å². The third-order valence-electron chi connectivity index (χ3n) is 2.85. The Balaban J connectivity index is 1.94. The molecule has 1 aromatic heterocycles. The number of ether oxygens (including phenoxy) is 2. The molecule has 0 spiro atoms. The van der Waals surface area contributed by atoms with Crippen LogP contribution < -0.4 is 4.74 Å². The monoisotopic (exact) mass is 244 g/mol. The number of alkyl halides is 1. The van der Waals surface area contributed by atoms with Crippen molar-refractivity contribution in [3.8, 4) is 5.75 Å². The van der Waals surface area contributed by atoms with Crippen LogP contribution in [0.5, 0.6) is 5.75 Å². The Bertz CT molecular complexity index is 354. The first-order valence-corrected chi connectivity index (χ1v) is 5.93. The third kappa shape index (κ3) is 2.18. The predicted octanol–water partition coefficient (Wildman–Crippen LogP) is 2.24. The first-order chi connectivity index (χ1) is 7.61. The summed E-state index contributed by atoms with van der Waals surface area (Å²) < 4.78 is 12.9. The molecule has 16 heavy (non-hydrogen) atoms. The van der Waals surface area contributed by atoms with Crippen LogP contribution in [0.25, 0.3) is 0 Å². The number of hydrogen-bond donors (Lipinski definition) is 0. The van der Waals surface area contributed by atoms with Gasteiger partial charge in [0.2, 0.25) is 0 Å². The van der Waals surface area contributed by atoms with Gasteiger partial charge in [0.15, 0.2) is 5.75 Å². The van der Waals surface area contributed by atoms with Gasteiger partial charge in [-0.3, -0.25) is 4.68 Å². The van der Waals surface area contributed by atoms with Gasteiger partial charge in [-0.1, -0.05) is 0 Å². The van der Waals surface area contributed by atoms with Gasteiger partial charge in [-0.05, 0) is 13.8 Å². The van der Waals surface area contributed by atoms with Crippen LogP contribution in [0.2, 0.25) is 0 Å². The van der Waals surface area contributed by atoms with Crippen LogP contribution >= 0.6 is 11.6 Å². The van der Waals surface area contributed by atoms with Gasteiger partial charge in [-0.2, -0.15) is 5.10 Å². The minimum Gasteiger partial charge on any atom is -0.484 e. The third-order valence-corrected chi connectivity index (χ3v) is 3.27. The Morgan fingerprint density at radius 1 is 1.56 bits per heavy atom. The second-order valence-electron chi connectivity index (χ2n) is 4.36. The van der Waals surface area contributed by atoms with Crippen LogP contribution in [0.3, 0.4) is 0 Å². The Hall–Kier alpha value is -0.740. The van der Waals surface area contributed by atoms with Gasteiger partial charge in [0.25, 0.3) is 0 Å². The summed E-state index contributed by atoms with van der Waals surface area (Å²) in [5.41, 5.74) is 0. The van der Waals surface area contributed by atoms with Crippen molar-refractivity contribution in [2.24, 2.45) is 0 Å². The second kappa shape index (κ2) is 4.63. The molecule has 3 atom stereocenters. The van der Waals surface area contributed by atoms with Gasteiger partial charge in [0.05, 0.1) is 17.8 Å². The maximum Gasteiger partial charge on any atom is 0.157 e. The maximum atomic E-state index is 6.01. The van der Waals surface area contributed by atoms with E-state index in [4.69, 9.17) is 21.1 Å². The molecule has 3 unspecified atom stereocenters. The smallest absolute Gasteiger partial charge is 0.157 e. The lowest BCUT2D eigenvalue weighted by atomic mass is 9.91. The van der Waals surface area contributed by atoms with Crippen molar-refractivity contribution in [3.05, 3.63) is 12.4 Å². The van der Waals surface area contributed by atoms with Crippen molar-refractivity contribution >= 4 is 11.6 Å². The fourth-order valence-electron chi connectivity index (χ4n) is 1.78. The standard InChI is InChI=1S/C11H17ClN2O2/c1-7(2)14-6-8(5-13-14)16-10-4-9(12)11(10)15-3/h5-7,9-11H,4H2,1-3H3. The molecule has 90 valence electrons. The van der Waals surface area contributed by atoms with Crippen LogP contribution in [0.15, 0.2) is 12.4 Å². The van der Waals surface area contributed by atoms with Crippen molar-refractivity contribution in [1.29, 1.82) is 0 Å². The Morgan fingerprint density at radius 3 is 2.81 bits per heavy atom. The predicted molar refractivity (Wildman–Crippen MR) is 62.1 cm³/mol. The lowest BCUT2D eigenvalue weighted by Gasteiger charge is -2.39. The maximum absolute atomic E-state index is 6.01. The average molecular weight is 245 g/mol. The van der Waals surface area contributed by atoms with Crippen molar-refractivity contribution in [3.63, 3.8) is 0 Å². The molecule has 1 aliphatic rings. The van der Waals surface area contributed by atoms with Crippen LogP contribution in [0, 0.1) is 0 Å². The molecule has 0 aliphatic heterocycles. The number of nitrogens with zero attached hydrogens (tertiary/aromatic N) is 2. The number of rotatable bonds is 4. The Morgan fingerprint density at radius 2 is 2.31 bits per heavy atom. The number of methoxy groups -OCH3 is 1. The van der Waals surface area contributed by atoms with Gasteiger partial charge in [-0.15, -0.1) is 11.6 Å². The zero-order valence-corrected chi connectivity index (χ0v) is 10.5. The average Bonchev–Trinajstić information content (AvgIpc) is 2.66. The van der Waals surface area contributed by atoms with E-state index in [2.05, 4.69) is 18.9 Å². The van der Waals surface area contributed by atoms with Crippen molar-refractivity contribution in [2.75, 3.05) is 7.11 Å². The summed E-state index contributed by atoms with van der Waals surface area (Å²) in [6.45, 7) is 4.15. The molecule has 1 aromatic rings. The molecule has 0 saturated heterocycles. The first-order valence-electron chi connectivity index (χ1n) is 5.49. The summed E-state index contributed by atoms with van der Waals surface area (Å²) in [6.07, 6.45) is 4.50. The zero-order chi connectivity index (χ0) is 11.7. The lowest BCUT2D eigenvalue weighted by molar-refractivity contribution is -0.0584. The molecule has 1 fully saturated rings. The summed E-state index contributed by atoms with van der Waals surface area (Å²) in [5.74, 6) is 0.782. The highest BCUT2D eigenvalue weighted by Gasteiger charge is 2.42. The van der Waals surface area contributed by atoms with Crippen molar-refractivity contribution in [2.45, 2.75) is 43.9 Å². The van der Waals surface area contributed by atoms with Gasteiger partial charge >= 0.3 is 0 Å². The molecular weight excluding hydrogens is 228 g/mol. The molecule has 1 saturated carbocycles. The van der Waals surface area contributed by atoms with Crippen molar-refractivity contribution < 1.29 is 9.47 Å². The van der Waals surface area contributed by atoms with E-state index < -0.39 is 0 Å². The number of halogens is 1. The van der Waals surface area contributed by atoms with Crippen LogP contribution in [0.1, 0.15) is 26.3 Å². The van der Waals surface area contributed by atoms with Crippen LogP contribution in [-0.4, -0.2) is 34.5 Å². The largest absolute Gasteiger partial charge is 0.484 e.